The molecule has 3 N–H and O–H groups in total. The summed E-state index contributed by atoms with van der Waals surface area (Å²) in [6.45, 7) is 3.94. The van der Waals surface area contributed by atoms with E-state index in [-0.39, 0.29) is 29.4 Å². The smallest absolute Gasteiger partial charge is 0.270 e. The van der Waals surface area contributed by atoms with Crippen molar-refractivity contribution in [2.75, 3.05) is 11.9 Å². The highest BCUT2D eigenvalue weighted by atomic mass is 16.6. The minimum absolute atomic E-state index is 0.0516. The number of carbonyl (C=O) groups excluding carboxylic acids is 1. The molecule has 0 aliphatic carbocycles. The molecule has 0 unspecified atom stereocenters. The van der Waals surface area contributed by atoms with Gasteiger partial charge >= 0.3 is 0 Å². The zero-order valence-corrected chi connectivity index (χ0v) is 12.0. The maximum atomic E-state index is 12.4. The summed E-state index contributed by atoms with van der Waals surface area (Å²) in [5, 5.41) is 22.4. The number of nitro benzene ring substituents is 1. The summed E-state index contributed by atoms with van der Waals surface area (Å²) in [7, 11) is 0. The molecule has 0 fully saturated rings. The van der Waals surface area contributed by atoms with Crippen LogP contribution in [0.2, 0.25) is 0 Å². The van der Waals surface area contributed by atoms with Crippen molar-refractivity contribution in [3.8, 4) is 6.07 Å². The lowest BCUT2D eigenvalue weighted by atomic mass is 9.81. The largest absolute Gasteiger partial charge is 0.329 e. The van der Waals surface area contributed by atoms with Gasteiger partial charge in [0.15, 0.2) is 0 Å². The highest BCUT2D eigenvalue weighted by Gasteiger charge is 2.33. The molecule has 0 spiro atoms. The second kappa shape index (κ2) is 6.81. The third-order valence-corrected chi connectivity index (χ3v) is 3.81. The van der Waals surface area contributed by atoms with Crippen LogP contribution in [0.4, 0.5) is 11.4 Å². The molecule has 0 heterocycles. The third kappa shape index (κ3) is 3.35. The fraction of sp³-hybridized carbons (Fsp3) is 0.429. The van der Waals surface area contributed by atoms with Crippen molar-refractivity contribution < 1.29 is 9.72 Å². The van der Waals surface area contributed by atoms with Gasteiger partial charge in [-0.1, -0.05) is 13.8 Å². The van der Waals surface area contributed by atoms with Gasteiger partial charge in [-0.2, -0.15) is 5.26 Å². The summed E-state index contributed by atoms with van der Waals surface area (Å²) in [6.07, 6.45) is 1.14. The lowest BCUT2D eigenvalue weighted by molar-refractivity contribution is -0.384. The summed E-state index contributed by atoms with van der Waals surface area (Å²) < 4.78 is 0. The average Bonchev–Trinajstić information content (AvgIpc) is 2.49. The molecular weight excluding hydrogens is 272 g/mol. The van der Waals surface area contributed by atoms with Crippen molar-refractivity contribution in [3.05, 3.63) is 33.9 Å². The lowest BCUT2D eigenvalue weighted by Gasteiger charge is -2.28. The number of benzene rings is 1. The number of non-ortho nitro benzene ring substituents is 1. The van der Waals surface area contributed by atoms with Gasteiger partial charge in [0.1, 0.15) is 6.07 Å². The standard InChI is InChI=1S/C14H18N4O3/c1-3-14(4-2,9-16)13(19)17-12-6-5-11(18(20)21)7-10(12)8-15/h5-7H,3-4,9,16H2,1-2H3,(H,17,19). The molecule has 0 aromatic heterocycles. The van der Waals surface area contributed by atoms with Crippen LogP contribution in [-0.4, -0.2) is 17.4 Å². The van der Waals surface area contributed by atoms with Crippen LogP contribution in [0, 0.1) is 26.9 Å². The Hall–Kier alpha value is -2.46. The van der Waals surface area contributed by atoms with E-state index in [0.717, 1.165) is 6.07 Å². The van der Waals surface area contributed by atoms with Crippen LogP contribution in [-0.2, 0) is 4.79 Å². The van der Waals surface area contributed by atoms with Gasteiger partial charge in [-0.25, -0.2) is 0 Å². The summed E-state index contributed by atoms with van der Waals surface area (Å²) in [4.78, 5) is 22.5. The molecule has 1 rings (SSSR count). The molecule has 0 bridgehead atoms. The molecule has 1 amide bonds. The summed E-state index contributed by atoms with van der Waals surface area (Å²) >= 11 is 0. The maximum absolute atomic E-state index is 12.4. The van der Waals surface area contributed by atoms with Crippen LogP contribution in [0.25, 0.3) is 0 Å². The molecule has 1 aromatic rings. The predicted molar refractivity (Wildman–Crippen MR) is 78.5 cm³/mol. The summed E-state index contributed by atoms with van der Waals surface area (Å²) in [5.74, 6) is -0.277. The Bertz CT molecular complexity index is 580. The highest BCUT2D eigenvalue weighted by Crippen LogP contribution is 2.28. The zero-order chi connectivity index (χ0) is 16.0. The monoisotopic (exact) mass is 290 g/mol. The zero-order valence-electron chi connectivity index (χ0n) is 12.0. The van der Waals surface area contributed by atoms with Crippen LogP contribution in [0.5, 0.6) is 0 Å². The van der Waals surface area contributed by atoms with Gasteiger partial charge in [0, 0.05) is 18.7 Å². The Kier molecular flexibility index (Phi) is 5.38. The van der Waals surface area contributed by atoms with E-state index in [0.29, 0.717) is 12.8 Å². The van der Waals surface area contributed by atoms with Crippen molar-refractivity contribution >= 4 is 17.3 Å². The first-order valence-corrected chi connectivity index (χ1v) is 6.64. The van der Waals surface area contributed by atoms with E-state index >= 15 is 0 Å². The van der Waals surface area contributed by atoms with Crippen molar-refractivity contribution in [1.29, 1.82) is 5.26 Å². The number of nitrogens with one attached hydrogen (secondary N) is 1. The predicted octanol–water partition coefficient (Wildman–Crippen LogP) is 2.17. The number of nitro groups is 1. The number of hydrogen-bond acceptors (Lipinski definition) is 5. The number of nitriles is 1. The van der Waals surface area contributed by atoms with Crippen molar-refractivity contribution in [1.82, 2.24) is 0 Å². The minimum atomic E-state index is -0.700. The molecule has 0 aliphatic heterocycles. The molecule has 0 aliphatic rings. The number of nitrogens with two attached hydrogens (primary N) is 1. The first-order chi connectivity index (χ1) is 9.93. The Labute approximate surface area is 122 Å². The molecule has 0 radical (unpaired) electrons. The second-order valence-electron chi connectivity index (χ2n) is 4.74. The number of nitrogens with zero attached hydrogens (tertiary/aromatic N) is 2. The van der Waals surface area contributed by atoms with E-state index in [1.807, 2.05) is 19.9 Å². The molecule has 0 atom stereocenters. The Morgan fingerprint density at radius 3 is 2.52 bits per heavy atom. The number of anilines is 1. The van der Waals surface area contributed by atoms with Gasteiger partial charge in [-0.05, 0) is 18.9 Å². The SMILES string of the molecule is CCC(CC)(CN)C(=O)Nc1ccc([N+](=O)[O-])cc1C#N. The maximum Gasteiger partial charge on any atom is 0.270 e. The van der Waals surface area contributed by atoms with Gasteiger partial charge < -0.3 is 11.1 Å². The fourth-order valence-electron chi connectivity index (χ4n) is 2.05. The fourth-order valence-corrected chi connectivity index (χ4v) is 2.05. The number of carbonyl (C=O) groups is 1. The molecule has 1 aromatic carbocycles. The van der Waals surface area contributed by atoms with E-state index < -0.39 is 10.3 Å². The molecule has 7 nitrogen and oxygen atoms in total. The first-order valence-electron chi connectivity index (χ1n) is 6.64. The quantitative estimate of drug-likeness (QED) is 0.614. The van der Waals surface area contributed by atoms with Gasteiger partial charge in [-0.3, -0.25) is 14.9 Å². The Morgan fingerprint density at radius 2 is 2.10 bits per heavy atom. The minimum Gasteiger partial charge on any atom is -0.329 e. The van der Waals surface area contributed by atoms with Crippen LogP contribution >= 0.6 is 0 Å². The number of hydrogen-bond donors (Lipinski definition) is 2. The van der Waals surface area contributed by atoms with Crippen LogP contribution in [0.1, 0.15) is 32.3 Å². The Balaban J connectivity index is 3.11. The average molecular weight is 290 g/mol. The molecule has 112 valence electrons. The molecular formula is C14H18N4O3. The second-order valence-corrected chi connectivity index (χ2v) is 4.74. The lowest BCUT2D eigenvalue weighted by Crippen LogP contribution is -2.41. The van der Waals surface area contributed by atoms with Crippen LogP contribution in [0.15, 0.2) is 18.2 Å². The van der Waals surface area contributed by atoms with Gasteiger partial charge in [0.2, 0.25) is 5.91 Å². The molecule has 0 saturated carbocycles. The summed E-state index contributed by atoms with van der Waals surface area (Å²) in [5.41, 5.74) is 5.12. The van der Waals surface area contributed by atoms with E-state index in [4.69, 9.17) is 11.0 Å². The highest BCUT2D eigenvalue weighted by molar-refractivity contribution is 5.96. The topological polar surface area (TPSA) is 122 Å². The molecule has 7 heteroatoms. The third-order valence-electron chi connectivity index (χ3n) is 3.81. The van der Waals surface area contributed by atoms with Gasteiger partial charge in [0.25, 0.3) is 5.69 Å². The van der Waals surface area contributed by atoms with E-state index in [9.17, 15) is 14.9 Å². The number of rotatable bonds is 6. The molecule has 21 heavy (non-hydrogen) atoms. The van der Waals surface area contributed by atoms with Crippen LogP contribution < -0.4 is 11.1 Å². The Morgan fingerprint density at radius 1 is 1.48 bits per heavy atom. The van der Waals surface area contributed by atoms with Crippen molar-refractivity contribution in [2.45, 2.75) is 26.7 Å². The van der Waals surface area contributed by atoms with E-state index in [1.54, 1.807) is 0 Å². The van der Waals surface area contributed by atoms with Crippen molar-refractivity contribution in [3.63, 3.8) is 0 Å². The van der Waals surface area contributed by atoms with Crippen LogP contribution in [0.3, 0.4) is 0 Å². The van der Waals surface area contributed by atoms with Crippen molar-refractivity contribution in [2.24, 2.45) is 11.1 Å². The summed E-state index contributed by atoms with van der Waals surface area (Å²) in [6, 6.07) is 5.60. The van der Waals surface area contributed by atoms with E-state index in [1.165, 1.54) is 12.1 Å². The van der Waals surface area contributed by atoms with Gasteiger partial charge in [-0.15, -0.1) is 0 Å². The normalized spacial score (nSPS) is 10.8. The van der Waals surface area contributed by atoms with Gasteiger partial charge in [0.05, 0.1) is 21.6 Å². The first kappa shape index (κ1) is 16.6. The van der Waals surface area contributed by atoms with E-state index in [2.05, 4.69) is 5.32 Å². The molecule has 0 saturated heterocycles. The number of amides is 1.